The fourth-order valence-corrected chi connectivity index (χ4v) is 3.21. The van der Waals surface area contributed by atoms with E-state index in [1.165, 1.54) is 25.7 Å². The molecule has 0 bridgehead atoms. The molecule has 3 nitrogen and oxygen atoms in total. The first-order chi connectivity index (χ1) is 8.77. The topological polar surface area (TPSA) is 49.5 Å². The number of aliphatic hydroxyl groups excluding tert-OH is 1. The van der Waals surface area contributed by atoms with E-state index in [1.54, 1.807) is 0 Å². The highest BCUT2D eigenvalue weighted by Crippen LogP contribution is 2.30. The second-order valence-electron chi connectivity index (χ2n) is 7.67. The minimum absolute atomic E-state index is 0.0110. The lowest BCUT2D eigenvalue weighted by Crippen LogP contribution is -2.58. The van der Waals surface area contributed by atoms with Crippen LogP contribution < -0.4 is 5.73 Å². The Morgan fingerprint density at radius 2 is 1.74 bits per heavy atom. The van der Waals surface area contributed by atoms with Crippen LogP contribution in [0.1, 0.15) is 60.3 Å². The summed E-state index contributed by atoms with van der Waals surface area (Å²) in [5.74, 6) is 0.613. The van der Waals surface area contributed by atoms with Crippen LogP contribution in [0.15, 0.2) is 0 Å². The standard InChI is InChI=1S/C16H34N2O/c1-12(2)10-18(13-8-6-7-9-13)14(11-19)15(17)16(3,4)5/h12-15,19H,6-11,17H2,1-5H3. The van der Waals surface area contributed by atoms with E-state index >= 15 is 0 Å². The first kappa shape index (κ1) is 16.9. The summed E-state index contributed by atoms with van der Waals surface area (Å²) in [4.78, 5) is 2.51. The Bertz CT molecular complexity index is 254. The van der Waals surface area contributed by atoms with E-state index in [-0.39, 0.29) is 24.1 Å². The number of nitrogens with zero attached hydrogens (tertiary/aromatic N) is 1. The van der Waals surface area contributed by atoms with Gasteiger partial charge in [-0.15, -0.1) is 0 Å². The Morgan fingerprint density at radius 1 is 1.21 bits per heavy atom. The lowest BCUT2D eigenvalue weighted by Gasteiger charge is -2.43. The molecule has 19 heavy (non-hydrogen) atoms. The van der Waals surface area contributed by atoms with Gasteiger partial charge in [0, 0.05) is 24.7 Å². The average Bonchev–Trinajstić information content (AvgIpc) is 2.79. The van der Waals surface area contributed by atoms with Crippen LogP contribution in [0.5, 0.6) is 0 Å². The van der Waals surface area contributed by atoms with Gasteiger partial charge in [-0.05, 0) is 24.2 Å². The maximum Gasteiger partial charge on any atom is 0.0602 e. The molecule has 3 heteroatoms. The van der Waals surface area contributed by atoms with Crippen molar-refractivity contribution in [3.63, 3.8) is 0 Å². The average molecular weight is 270 g/mol. The second kappa shape index (κ2) is 7.05. The summed E-state index contributed by atoms with van der Waals surface area (Å²) in [7, 11) is 0. The van der Waals surface area contributed by atoms with Gasteiger partial charge >= 0.3 is 0 Å². The van der Waals surface area contributed by atoms with Gasteiger partial charge in [0.15, 0.2) is 0 Å². The van der Waals surface area contributed by atoms with E-state index < -0.39 is 0 Å². The van der Waals surface area contributed by atoms with Crippen molar-refractivity contribution in [1.29, 1.82) is 0 Å². The van der Waals surface area contributed by atoms with Gasteiger partial charge in [0.05, 0.1) is 6.61 Å². The van der Waals surface area contributed by atoms with Gasteiger partial charge in [0.25, 0.3) is 0 Å². The molecule has 0 aromatic rings. The highest BCUT2D eigenvalue weighted by molar-refractivity contribution is 4.93. The second-order valence-corrected chi connectivity index (χ2v) is 7.67. The summed E-state index contributed by atoms with van der Waals surface area (Å²) in [6.07, 6.45) is 5.17. The molecule has 1 saturated carbocycles. The zero-order chi connectivity index (χ0) is 14.6. The summed E-state index contributed by atoms with van der Waals surface area (Å²) < 4.78 is 0. The normalized spacial score (nSPS) is 21.3. The van der Waals surface area contributed by atoms with Crippen molar-refractivity contribution in [2.24, 2.45) is 17.1 Å². The van der Waals surface area contributed by atoms with Crippen molar-refractivity contribution in [2.45, 2.75) is 78.4 Å². The third kappa shape index (κ3) is 4.73. The van der Waals surface area contributed by atoms with E-state index in [0.29, 0.717) is 12.0 Å². The number of rotatable bonds is 6. The van der Waals surface area contributed by atoms with Gasteiger partial charge in [-0.1, -0.05) is 47.5 Å². The molecule has 1 rings (SSSR count). The van der Waals surface area contributed by atoms with E-state index in [4.69, 9.17) is 5.73 Å². The molecule has 0 saturated heterocycles. The third-order valence-corrected chi connectivity index (χ3v) is 4.40. The highest BCUT2D eigenvalue weighted by atomic mass is 16.3. The van der Waals surface area contributed by atoms with Crippen molar-refractivity contribution in [3.8, 4) is 0 Å². The molecular formula is C16H34N2O. The summed E-state index contributed by atoms with van der Waals surface area (Å²) in [6.45, 7) is 12.2. The maximum atomic E-state index is 9.88. The molecule has 2 atom stereocenters. The molecule has 1 aliphatic carbocycles. The molecule has 0 aromatic carbocycles. The monoisotopic (exact) mass is 270 g/mol. The fraction of sp³-hybridized carbons (Fsp3) is 1.00. The van der Waals surface area contributed by atoms with Crippen molar-refractivity contribution >= 4 is 0 Å². The first-order valence-corrected chi connectivity index (χ1v) is 7.89. The van der Waals surface area contributed by atoms with Crippen LogP contribution in [0.4, 0.5) is 0 Å². The maximum absolute atomic E-state index is 9.88. The zero-order valence-corrected chi connectivity index (χ0v) is 13.5. The molecule has 0 heterocycles. The largest absolute Gasteiger partial charge is 0.395 e. The van der Waals surface area contributed by atoms with Crippen LogP contribution in [-0.2, 0) is 0 Å². The van der Waals surface area contributed by atoms with Crippen molar-refractivity contribution in [3.05, 3.63) is 0 Å². The van der Waals surface area contributed by atoms with Crippen LogP contribution in [0.2, 0.25) is 0 Å². The Balaban J connectivity index is 2.85. The van der Waals surface area contributed by atoms with Gasteiger partial charge < -0.3 is 10.8 Å². The van der Waals surface area contributed by atoms with E-state index in [2.05, 4.69) is 39.5 Å². The van der Waals surface area contributed by atoms with Crippen LogP contribution >= 0.6 is 0 Å². The Morgan fingerprint density at radius 3 is 2.11 bits per heavy atom. The van der Waals surface area contributed by atoms with Crippen molar-refractivity contribution in [2.75, 3.05) is 13.2 Å². The predicted molar refractivity (Wildman–Crippen MR) is 82.1 cm³/mol. The zero-order valence-electron chi connectivity index (χ0n) is 13.5. The van der Waals surface area contributed by atoms with Crippen LogP contribution in [0.3, 0.4) is 0 Å². The Kier molecular flexibility index (Phi) is 6.28. The van der Waals surface area contributed by atoms with Crippen molar-refractivity contribution in [1.82, 2.24) is 4.90 Å². The van der Waals surface area contributed by atoms with Gasteiger partial charge in [-0.2, -0.15) is 0 Å². The molecule has 0 spiro atoms. The van der Waals surface area contributed by atoms with Gasteiger partial charge in [0.1, 0.15) is 0 Å². The number of nitrogens with two attached hydrogens (primary N) is 1. The third-order valence-electron chi connectivity index (χ3n) is 4.40. The molecule has 0 radical (unpaired) electrons. The molecule has 0 amide bonds. The molecular weight excluding hydrogens is 236 g/mol. The molecule has 0 aromatic heterocycles. The number of aliphatic hydroxyl groups is 1. The Hall–Kier alpha value is -0.120. The summed E-state index contributed by atoms with van der Waals surface area (Å²) in [5, 5.41) is 9.88. The van der Waals surface area contributed by atoms with Gasteiger partial charge in [0.2, 0.25) is 0 Å². The molecule has 0 aliphatic heterocycles. The lowest BCUT2D eigenvalue weighted by atomic mass is 9.82. The first-order valence-electron chi connectivity index (χ1n) is 7.89. The summed E-state index contributed by atoms with van der Waals surface area (Å²) in [5.41, 5.74) is 6.48. The highest BCUT2D eigenvalue weighted by Gasteiger charge is 2.36. The number of hydrogen-bond donors (Lipinski definition) is 2. The minimum Gasteiger partial charge on any atom is -0.395 e. The SMILES string of the molecule is CC(C)CN(C1CCCC1)C(CO)C(N)C(C)(C)C. The molecule has 2 unspecified atom stereocenters. The van der Waals surface area contributed by atoms with Crippen LogP contribution in [-0.4, -0.2) is 41.3 Å². The quantitative estimate of drug-likeness (QED) is 0.780. The van der Waals surface area contributed by atoms with E-state index in [9.17, 15) is 5.11 Å². The lowest BCUT2D eigenvalue weighted by molar-refractivity contribution is 0.0334. The summed E-state index contributed by atoms with van der Waals surface area (Å²) in [6, 6.07) is 0.718. The Labute approximate surface area is 119 Å². The van der Waals surface area contributed by atoms with Crippen molar-refractivity contribution < 1.29 is 5.11 Å². The molecule has 114 valence electrons. The van der Waals surface area contributed by atoms with Crippen LogP contribution in [0.25, 0.3) is 0 Å². The smallest absolute Gasteiger partial charge is 0.0602 e. The van der Waals surface area contributed by atoms with Gasteiger partial charge in [-0.3, -0.25) is 4.90 Å². The predicted octanol–water partition coefficient (Wildman–Crippen LogP) is 2.62. The van der Waals surface area contributed by atoms with E-state index in [1.807, 2.05) is 0 Å². The summed E-state index contributed by atoms with van der Waals surface area (Å²) >= 11 is 0. The minimum atomic E-state index is 0.0110. The molecule has 3 N–H and O–H groups in total. The fourth-order valence-electron chi connectivity index (χ4n) is 3.21. The molecule has 1 aliphatic rings. The van der Waals surface area contributed by atoms with Crippen LogP contribution in [0, 0.1) is 11.3 Å². The van der Waals surface area contributed by atoms with Gasteiger partial charge in [-0.25, -0.2) is 0 Å². The van der Waals surface area contributed by atoms with E-state index in [0.717, 1.165) is 6.54 Å². The molecule has 1 fully saturated rings. The number of hydrogen-bond acceptors (Lipinski definition) is 3.